The van der Waals surface area contributed by atoms with Gasteiger partial charge < -0.3 is 5.32 Å². The maximum Gasteiger partial charge on any atom is 0.243 e. The van der Waals surface area contributed by atoms with Gasteiger partial charge in [-0.3, -0.25) is 0 Å². The van der Waals surface area contributed by atoms with Crippen molar-refractivity contribution in [3.63, 3.8) is 0 Å². The molecule has 1 saturated carbocycles. The summed E-state index contributed by atoms with van der Waals surface area (Å²) in [5.41, 5.74) is 1.31. The zero-order valence-electron chi connectivity index (χ0n) is 14.7. The summed E-state index contributed by atoms with van der Waals surface area (Å²) in [7, 11) is -1.43. The van der Waals surface area contributed by atoms with Crippen LogP contribution in [0.5, 0.6) is 0 Å². The highest BCUT2D eigenvalue weighted by atomic mass is 32.2. The average Bonchev–Trinajstić information content (AvgIpc) is 2.63. The second-order valence-corrected chi connectivity index (χ2v) is 9.27. The van der Waals surface area contributed by atoms with E-state index in [1.807, 2.05) is 31.3 Å². The highest BCUT2D eigenvalue weighted by Gasteiger charge is 2.30. The van der Waals surface area contributed by atoms with Gasteiger partial charge in [0.25, 0.3) is 0 Å². The van der Waals surface area contributed by atoms with Gasteiger partial charge in [0.05, 0.1) is 4.90 Å². The fourth-order valence-corrected chi connectivity index (χ4v) is 5.75. The van der Waals surface area contributed by atoms with Crippen LogP contribution in [0.2, 0.25) is 0 Å². The number of nitrogens with zero attached hydrogens (tertiary/aromatic N) is 1. The van der Waals surface area contributed by atoms with E-state index in [9.17, 15) is 8.42 Å². The van der Waals surface area contributed by atoms with Gasteiger partial charge in [-0.2, -0.15) is 4.31 Å². The van der Waals surface area contributed by atoms with Gasteiger partial charge in [0, 0.05) is 13.1 Å². The molecule has 5 heteroatoms. The Kier molecular flexibility index (Phi) is 5.95. The Labute approximate surface area is 146 Å². The minimum absolute atomic E-state index is 0.417. The average molecular weight is 351 g/mol. The zero-order valence-corrected chi connectivity index (χ0v) is 15.5. The molecule has 3 rings (SSSR count). The Hall–Kier alpha value is -0.910. The van der Waals surface area contributed by atoms with E-state index >= 15 is 0 Å². The van der Waals surface area contributed by atoms with Crippen molar-refractivity contribution in [1.82, 2.24) is 9.62 Å². The lowest BCUT2D eigenvalue weighted by molar-refractivity contribution is 0.263. The Morgan fingerprint density at radius 2 is 1.75 bits per heavy atom. The molecular weight excluding hydrogens is 320 g/mol. The third-order valence-electron chi connectivity index (χ3n) is 5.57. The summed E-state index contributed by atoms with van der Waals surface area (Å²) < 4.78 is 27.5. The number of piperidine rings is 1. The monoisotopic (exact) mass is 350 g/mol. The van der Waals surface area contributed by atoms with Crippen molar-refractivity contribution in [2.45, 2.75) is 55.8 Å². The molecule has 1 aromatic carbocycles. The van der Waals surface area contributed by atoms with Crippen LogP contribution >= 0.6 is 0 Å². The first-order valence-corrected chi connectivity index (χ1v) is 10.8. The molecule has 1 aliphatic carbocycles. The first-order valence-electron chi connectivity index (χ1n) is 9.36. The number of hydrogen-bond acceptors (Lipinski definition) is 3. The van der Waals surface area contributed by atoms with Crippen LogP contribution in [-0.4, -0.2) is 39.4 Å². The largest absolute Gasteiger partial charge is 0.319 e. The van der Waals surface area contributed by atoms with E-state index < -0.39 is 10.0 Å². The number of benzene rings is 1. The van der Waals surface area contributed by atoms with Gasteiger partial charge in [0.2, 0.25) is 10.0 Å². The van der Waals surface area contributed by atoms with E-state index in [1.54, 1.807) is 4.31 Å². The van der Waals surface area contributed by atoms with Crippen LogP contribution in [0.25, 0.3) is 0 Å². The molecule has 2 aliphatic rings. The van der Waals surface area contributed by atoms with Crippen LogP contribution in [0.3, 0.4) is 0 Å². The predicted octanol–water partition coefficient (Wildman–Crippen LogP) is 3.35. The molecule has 1 unspecified atom stereocenters. The van der Waals surface area contributed by atoms with Crippen LogP contribution < -0.4 is 5.32 Å². The summed E-state index contributed by atoms with van der Waals surface area (Å²) in [6.45, 7) is 2.16. The lowest BCUT2D eigenvalue weighted by atomic mass is 9.84. The molecule has 2 fully saturated rings. The molecule has 0 bridgehead atoms. The third-order valence-corrected chi connectivity index (χ3v) is 7.45. The van der Waals surface area contributed by atoms with Crippen LogP contribution in [-0.2, 0) is 10.0 Å². The van der Waals surface area contributed by atoms with Crippen molar-refractivity contribution in [3.8, 4) is 0 Å². The number of hydrogen-bond donors (Lipinski definition) is 1. The molecule has 0 aromatic heterocycles. The molecule has 24 heavy (non-hydrogen) atoms. The van der Waals surface area contributed by atoms with Gasteiger partial charge >= 0.3 is 0 Å². The topological polar surface area (TPSA) is 49.4 Å². The Morgan fingerprint density at radius 3 is 2.42 bits per heavy atom. The van der Waals surface area contributed by atoms with Gasteiger partial charge in [0.15, 0.2) is 0 Å². The SMILES string of the molecule is CNCC1CCCN(S(=O)(=O)c2ccc(C3CCCCC3)cc2)C1. The molecule has 1 aromatic rings. The van der Waals surface area contributed by atoms with Gasteiger partial charge in [-0.1, -0.05) is 31.4 Å². The highest BCUT2D eigenvalue weighted by Crippen LogP contribution is 2.33. The maximum absolute atomic E-state index is 12.9. The van der Waals surface area contributed by atoms with Crippen molar-refractivity contribution in [2.24, 2.45) is 5.92 Å². The van der Waals surface area contributed by atoms with E-state index in [0.717, 1.165) is 19.4 Å². The Balaban J connectivity index is 1.72. The molecule has 0 amide bonds. The Bertz CT molecular complexity index is 619. The summed E-state index contributed by atoms with van der Waals surface area (Å²) in [4.78, 5) is 0.451. The van der Waals surface area contributed by atoms with Crippen LogP contribution in [0, 0.1) is 5.92 Å². The molecule has 1 atom stereocenters. The fourth-order valence-electron chi connectivity index (χ4n) is 4.20. The number of nitrogens with one attached hydrogen (secondary N) is 1. The van der Waals surface area contributed by atoms with Gasteiger partial charge in [-0.25, -0.2) is 8.42 Å². The van der Waals surface area contributed by atoms with E-state index in [4.69, 9.17) is 0 Å². The number of rotatable bonds is 5. The third kappa shape index (κ3) is 4.01. The zero-order chi connectivity index (χ0) is 17.0. The molecule has 1 aliphatic heterocycles. The quantitative estimate of drug-likeness (QED) is 0.886. The smallest absolute Gasteiger partial charge is 0.243 e. The van der Waals surface area contributed by atoms with Crippen molar-refractivity contribution in [1.29, 1.82) is 0 Å². The molecule has 4 nitrogen and oxygen atoms in total. The molecule has 1 heterocycles. The van der Waals surface area contributed by atoms with Crippen molar-refractivity contribution >= 4 is 10.0 Å². The molecular formula is C19H30N2O2S. The first-order chi connectivity index (χ1) is 11.6. The maximum atomic E-state index is 12.9. The van der Waals surface area contributed by atoms with E-state index in [1.165, 1.54) is 37.7 Å². The van der Waals surface area contributed by atoms with E-state index in [2.05, 4.69) is 5.32 Å². The van der Waals surface area contributed by atoms with Gasteiger partial charge in [-0.15, -0.1) is 0 Å². The summed E-state index contributed by atoms with van der Waals surface area (Å²) in [6, 6.07) is 7.72. The Morgan fingerprint density at radius 1 is 1.04 bits per heavy atom. The van der Waals surface area contributed by atoms with Gasteiger partial charge in [-0.05, 0) is 68.8 Å². The van der Waals surface area contributed by atoms with E-state index in [-0.39, 0.29) is 0 Å². The molecule has 1 saturated heterocycles. The van der Waals surface area contributed by atoms with E-state index in [0.29, 0.717) is 29.8 Å². The normalized spacial score (nSPS) is 24.1. The van der Waals surface area contributed by atoms with Crippen LogP contribution in [0.4, 0.5) is 0 Å². The molecule has 0 spiro atoms. The first kappa shape index (κ1) is 17.9. The summed E-state index contributed by atoms with van der Waals surface area (Å²) in [5.74, 6) is 1.03. The second-order valence-electron chi connectivity index (χ2n) is 7.33. The van der Waals surface area contributed by atoms with Crippen LogP contribution in [0.15, 0.2) is 29.2 Å². The van der Waals surface area contributed by atoms with Crippen LogP contribution in [0.1, 0.15) is 56.4 Å². The minimum atomic E-state index is -3.36. The second kappa shape index (κ2) is 7.98. The van der Waals surface area contributed by atoms with Crippen molar-refractivity contribution < 1.29 is 8.42 Å². The molecule has 134 valence electrons. The summed E-state index contributed by atoms with van der Waals surface area (Å²) in [5, 5.41) is 3.17. The minimum Gasteiger partial charge on any atom is -0.319 e. The molecule has 0 radical (unpaired) electrons. The molecule has 1 N–H and O–H groups in total. The highest BCUT2D eigenvalue weighted by molar-refractivity contribution is 7.89. The lowest BCUT2D eigenvalue weighted by Gasteiger charge is -2.32. The van der Waals surface area contributed by atoms with Gasteiger partial charge in [0.1, 0.15) is 0 Å². The summed E-state index contributed by atoms with van der Waals surface area (Å²) >= 11 is 0. The fraction of sp³-hybridized carbons (Fsp3) is 0.684. The van der Waals surface area contributed by atoms with Crippen molar-refractivity contribution in [3.05, 3.63) is 29.8 Å². The summed E-state index contributed by atoms with van der Waals surface area (Å²) in [6.07, 6.45) is 8.47. The standard InChI is InChI=1S/C19H30N2O2S/c1-20-14-16-6-5-13-21(15-16)24(22,23)19-11-9-18(10-12-19)17-7-3-2-4-8-17/h9-12,16-17,20H,2-8,13-15H2,1H3. The van der Waals surface area contributed by atoms with Crippen molar-refractivity contribution in [2.75, 3.05) is 26.7 Å². The number of sulfonamides is 1. The lowest BCUT2D eigenvalue weighted by Crippen LogP contribution is -2.42. The predicted molar refractivity (Wildman–Crippen MR) is 97.7 cm³/mol.